The molecule has 3 rings (SSSR count). The Balaban J connectivity index is 2.02. The van der Waals surface area contributed by atoms with Crippen LogP contribution in [0.2, 0.25) is 0 Å². The molecule has 1 heterocycles. The fourth-order valence-corrected chi connectivity index (χ4v) is 3.06. The third kappa shape index (κ3) is 3.48. The van der Waals surface area contributed by atoms with E-state index in [2.05, 4.69) is 5.32 Å². The summed E-state index contributed by atoms with van der Waals surface area (Å²) >= 11 is 0. The highest BCUT2D eigenvalue weighted by Gasteiger charge is 2.15. The Morgan fingerprint density at radius 1 is 1.11 bits per heavy atom. The zero-order valence-electron chi connectivity index (χ0n) is 15.5. The van der Waals surface area contributed by atoms with E-state index >= 15 is 0 Å². The maximum atomic E-state index is 12.7. The molecule has 1 amide bonds. The molecule has 0 aliphatic carbocycles. The van der Waals surface area contributed by atoms with Crippen molar-refractivity contribution in [3.8, 4) is 5.75 Å². The number of nitrogens with zero attached hydrogens (tertiary/aromatic N) is 2. The van der Waals surface area contributed by atoms with Crippen LogP contribution < -0.4 is 21.3 Å². The fourth-order valence-electron chi connectivity index (χ4n) is 3.06. The van der Waals surface area contributed by atoms with Crippen molar-refractivity contribution in [3.05, 3.63) is 68.9 Å². The van der Waals surface area contributed by atoms with Gasteiger partial charge in [0.05, 0.1) is 23.7 Å². The lowest BCUT2D eigenvalue weighted by molar-refractivity contribution is -0.116. The number of hydrogen-bond acceptors (Lipinski definition) is 4. The average Bonchev–Trinajstić information content (AvgIpc) is 2.66. The van der Waals surface area contributed by atoms with Gasteiger partial charge in [-0.3, -0.25) is 18.7 Å². The van der Waals surface area contributed by atoms with E-state index in [1.165, 1.54) is 11.7 Å². The molecule has 1 aromatic heterocycles. The first-order valence-corrected chi connectivity index (χ1v) is 8.63. The molecule has 0 unspecified atom stereocenters. The summed E-state index contributed by atoms with van der Waals surface area (Å²) in [6.45, 7) is 3.65. The average molecular weight is 367 g/mol. The summed E-state index contributed by atoms with van der Waals surface area (Å²) in [5.41, 5.74) is 1.07. The summed E-state index contributed by atoms with van der Waals surface area (Å²) in [6.07, 6.45) is 0. The van der Waals surface area contributed by atoms with Crippen LogP contribution in [0.5, 0.6) is 5.75 Å². The van der Waals surface area contributed by atoms with Gasteiger partial charge in [0.15, 0.2) is 0 Å². The minimum absolute atomic E-state index is 0.212. The Hall–Kier alpha value is -3.35. The van der Waals surface area contributed by atoms with Gasteiger partial charge in [0.1, 0.15) is 12.3 Å². The molecule has 27 heavy (non-hydrogen) atoms. The maximum absolute atomic E-state index is 12.7. The van der Waals surface area contributed by atoms with Gasteiger partial charge in [0.25, 0.3) is 5.56 Å². The number of rotatable bonds is 5. The van der Waals surface area contributed by atoms with Crippen molar-refractivity contribution in [2.75, 3.05) is 12.4 Å². The number of ether oxygens (including phenoxy) is 1. The summed E-state index contributed by atoms with van der Waals surface area (Å²) in [6, 6.07) is 12.2. The number of para-hydroxylation sites is 1. The van der Waals surface area contributed by atoms with Gasteiger partial charge in [-0.25, -0.2) is 4.79 Å². The van der Waals surface area contributed by atoms with Gasteiger partial charge in [-0.05, 0) is 43.7 Å². The van der Waals surface area contributed by atoms with Gasteiger partial charge in [0, 0.05) is 6.54 Å². The molecule has 7 heteroatoms. The second-order valence-electron chi connectivity index (χ2n) is 6.19. The summed E-state index contributed by atoms with van der Waals surface area (Å²) in [5.74, 6) is 0.150. The molecule has 0 bridgehead atoms. The molecule has 0 saturated heterocycles. The van der Waals surface area contributed by atoms with Crippen LogP contribution in [0.3, 0.4) is 0 Å². The molecule has 0 fully saturated rings. The standard InChI is InChI=1S/C20H21N3O4/c1-4-22-19(25)14-7-5-6-8-16(14)23(20(22)26)12-18(24)21-15-11-13(2)9-10-17(15)27-3/h5-11H,4,12H2,1-3H3,(H,21,24). The van der Waals surface area contributed by atoms with Crippen LogP contribution in [0.1, 0.15) is 12.5 Å². The molecular weight excluding hydrogens is 346 g/mol. The number of methoxy groups -OCH3 is 1. The highest BCUT2D eigenvalue weighted by atomic mass is 16.5. The minimum atomic E-state index is -0.507. The van der Waals surface area contributed by atoms with Gasteiger partial charge in [0.2, 0.25) is 5.91 Å². The predicted octanol–water partition coefficient (Wildman–Crippen LogP) is 2.14. The van der Waals surface area contributed by atoms with Gasteiger partial charge in [-0.15, -0.1) is 0 Å². The van der Waals surface area contributed by atoms with E-state index in [0.717, 1.165) is 10.1 Å². The van der Waals surface area contributed by atoms with Crippen LogP contribution in [0, 0.1) is 6.92 Å². The van der Waals surface area contributed by atoms with E-state index in [1.54, 1.807) is 43.3 Å². The highest BCUT2D eigenvalue weighted by Crippen LogP contribution is 2.25. The quantitative estimate of drug-likeness (QED) is 0.749. The Kier molecular flexibility index (Phi) is 5.12. The number of nitrogens with one attached hydrogen (secondary N) is 1. The van der Waals surface area contributed by atoms with E-state index < -0.39 is 5.69 Å². The normalized spacial score (nSPS) is 10.8. The first-order valence-electron chi connectivity index (χ1n) is 8.63. The molecule has 1 N–H and O–H groups in total. The molecule has 7 nitrogen and oxygen atoms in total. The van der Waals surface area contributed by atoms with Crippen LogP contribution in [0.25, 0.3) is 10.9 Å². The van der Waals surface area contributed by atoms with E-state index in [-0.39, 0.29) is 24.6 Å². The topological polar surface area (TPSA) is 82.3 Å². The Morgan fingerprint density at radius 3 is 2.56 bits per heavy atom. The van der Waals surface area contributed by atoms with Crippen molar-refractivity contribution in [1.82, 2.24) is 9.13 Å². The first-order chi connectivity index (χ1) is 13.0. The monoisotopic (exact) mass is 367 g/mol. The number of aryl methyl sites for hydroxylation is 1. The van der Waals surface area contributed by atoms with E-state index in [1.807, 2.05) is 13.0 Å². The second-order valence-corrected chi connectivity index (χ2v) is 6.19. The Bertz CT molecular complexity index is 1130. The number of amides is 1. The van der Waals surface area contributed by atoms with Crippen molar-refractivity contribution in [2.24, 2.45) is 0 Å². The molecule has 0 spiro atoms. The lowest BCUT2D eigenvalue weighted by Crippen LogP contribution is -2.41. The number of hydrogen-bond donors (Lipinski definition) is 1. The van der Waals surface area contributed by atoms with Crippen molar-refractivity contribution in [2.45, 2.75) is 26.9 Å². The van der Waals surface area contributed by atoms with Gasteiger partial charge in [-0.2, -0.15) is 0 Å². The molecule has 3 aromatic rings. The SMILES string of the molecule is CCn1c(=O)c2ccccc2n(CC(=O)Nc2cc(C)ccc2OC)c1=O. The molecule has 0 aliphatic heterocycles. The smallest absolute Gasteiger partial charge is 0.331 e. The van der Waals surface area contributed by atoms with Crippen molar-refractivity contribution >= 4 is 22.5 Å². The number of benzene rings is 2. The molecule has 0 aliphatic rings. The largest absolute Gasteiger partial charge is 0.495 e. The summed E-state index contributed by atoms with van der Waals surface area (Å²) < 4.78 is 7.71. The zero-order chi connectivity index (χ0) is 19.6. The Morgan fingerprint density at radius 2 is 1.85 bits per heavy atom. The van der Waals surface area contributed by atoms with Crippen LogP contribution in [-0.4, -0.2) is 22.2 Å². The van der Waals surface area contributed by atoms with Crippen LogP contribution in [0.4, 0.5) is 5.69 Å². The van der Waals surface area contributed by atoms with Gasteiger partial charge < -0.3 is 10.1 Å². The third-order valence-electron chi connectivity index (χ3n) is 4.38. The first kappa shape index (κ1) is 18.4. The minimum Gasteiger partial charge on any atom is -0.495 e. The number of carbonyl (C=O) groups is 1. The van der Waals surface area contributed by atoms with Crippen LogP contribution in [0.15, 0.2) is 52.1 Å². The van der Waals surface area contributed by atoms with E-state index in [4.69, 9.17) is 4.74 Å². The number of aromatic nitrogens is 2. The van der Waals surface area contributed by atoms with E-state index in [0.29, 0.717) is 22.3 Å². The molecule has 0 saturated carbocycles. The maximum Gasteiger partial charge on any atom is 0.331 e. The van der Waals surface area contributed by atoms with Crippen LogP contribution >= 0.6 is 0 Å². The van der Waals surface area contributed by atoms with Gasteiger partial charge >= 0.3 is 5.69 Å². The molecular formula is C20H21N3O4. The third-order valence-corrected chi connectivity index (χ3v) is 4.38. The second kappa shape index (κ2) is 7.49. The summed E-state index contributed by atoms with van der Waals surface area (Å²) in [7, 11) is 1.52. The number of carbonyl (C=O) groups excluding carboxylic acids is 1. The highest BCUT2D eigenvalue weighted by molar-refractivity contribution is 5.93. The van der Waals surface area contributed by atoms with Gasteiger partial charge in [-0.1, -0.05) is 18.2 Å². The van der Waals surface area contributed by atoms with Crippen molar-refractivity contribution in [1.29, 1.82) is 0 Å². The molecule has 0 radical (unpaired) electrons. The number of anilines is 1. The predicted molar refractivity (Wildman–Crippen MR) is 105 cm³/mol. The molecule has 2 aromatic carbocycles. The van der Waals surface area contributed by atoms with Crippen LogP contribution in [-0.2, 0) is 17.9 Å². The van der Waals surface area contributed by atoms with Crippen molar-refractivity contribution < 1.29 is 9.53 Å². The fraction of sp³-hybridized carbons (Fsp3) is 0.250. The zero-order valence-corrected chi connectivity index (χ0v) is 15.5. The summed E-state index contributed by atoms with van der Waals surface area (Å²) in [4.78, 5) is 37.8. The van der Waals surface area contributed by atoms with Crippen molar-refractivity contribution in [3.63, 3.8) is 0 Å². The lowest BCUT2D eigenvalue weighted by atomic mass is 10.2. The summed E-state index contributed by atoms with van der Waals surface area (Å²) in [5, 5.41) is 3.19. The Labute approximate surface area is 155 Å². The van der Waals surface area contributed by atoms with E-state index in [9.17, 15) is 14.4 Å². The molecule has 140 valence electrons. The lowest BCUT2D eigenvalue weighted by Gasteiger charge is -2.14. The number of fused-ring (bicyclic) bond motifs is 1. The molecule has 0 atom stereocenters.